The van der Waals surface area contributed by atoms with Crippen LogP contribution in [0.3, 0.4) is 0 Å². The summed E-state index contributed by atoms with van der Waals surface area (Å²) in [5.41, 5.74) is 1.10. The van der Waals surface area contributed by atoms with E-state index in [4.69, 9.17) is 16.0 Å². The fourth-order valence-electron chi connectivity index (χ4n) is 1.91. The van der Waals surface area contributed by atoms with Crippen molar-refractivity contribution in [2.75, 3.05) is 6.54 Å². The maximum atomic E-state index is 12.3. The molecule has 2 aromatic rings. The van der Waals surface area contributed by atoms with Gasteiger partial charge in [-0.15, -0.1) is 0 Å². The van der Waals surface area contributed by atoms with E-state index >= 15 is 0 Å². The van der Waals surface area contributed by atoms with Gasteiger partial charge in [0.05, 0.1) is 0 Å². The van der Waals surface area contributed by atoms with Gasteiger partial charge in [-0.05, 0) is 35.7 Å². The second-order valence-electron chi connectivity index (χ2n) is 4.32. The van der Waals surface area contributed by atoms with Crippen LogP contribution >= 0.6 is 11.6 Å². The van der Waals surface area contributed by atoms with Crippen molar-refractivity contribution in [1.29, 1.82) is 0 Å². The first kappa shape index (κ1) is 13.7. The summed E-state index contributed by atoms with van der Waals surface area (Å²) in [4.78, 5) is 14.1. The van der Waals surface area contributed by atoms with Crippen LogP contribution in [0.5, 0.6) is 0 Å². The molecule has 0 fully saturated rings. The van der Waals surface area contributed by atoms with Crippen molar-refractivity contribution in [2.45, 2.75) is 19.9 Å². The van der Waals surface area contributed by atoms with Crippen LogP contribution < -0.4 is 0 Å². The van der Waals surface area contributed by atoms with Crippen LogP contribution in [0.2, 0.25) is 5.22 Å². The van der Waals surface area contributed by atoms with Gasteiger partial charge in [0.25, 0.3) is 5.91 Å². The van der Waals surface area contributed by atoms with Gasteiger partial charge in [-0.3, -0.25) is 4.79 Å². The zero-order valence-corrected chi connectivity index (χ0v) is 11.6. The Morgan fingerprint density at radius 1 is 1.21 bits per heavy atom. The lowest BCUT2D eigenvalue weighted by atomic mass is 10.2. The number of carbonyl (C=O) groups excluding carboxylic acids is 1. The Bertz CT molecular complexity index is 536. The minimum atomic E-state index is -0.127. The third-order valence-electron chi connectivity index (χ3n) is 2.78. The second-order valence-corrected chi connectivity index (χ2v) is 4.69. The van der Waals surface area contributed by atoms with Crippen LogP contribution in [0.15, 0.2) is 46.9 Å². The number of furan rings is 1. The molecule has 19 heavy (non-hydrogen) atoms. The van der Waals surface area contributed by atoms with Crippen molar-refractivity contribution in [1.82, 2.24) is 4.90 Å². The molecule has 0 radical (unpaired) electrons. The van der Waals surface area contributed by atoms with E-state index in [-0.39, 0.29) is 16.9 Å². The molecule has 3 nitrogen and oxygen atoms in total. The Kier molecular flexibility index (Phi) is 4.63. The van der Waals surface area contributed by atoms with Gasteiger partial charge in [-0.25, -0.2) is 0 Å². The largest absolute Gasteiger partial charge is 0.440 e. The average molecular weight is 278 g/mol. The van der Waals surface area contributed by atoms with E-state index < -0.39 is 0 Å². The number of halogens is 1. The number of rotatable bonds is 5. The standard InChI is InChI=1S/C15H16ClNO2/c1-2-10-17(11-12-6-4-3-5-7-12)15(18)13-8-9-14(16)19-13/h3-9H,2,10-11H2,1H3. The van der Waals surface area contributed by atoms with Crippen LogP contribution in [0.1, 0.15) is 29.5 Å². The summed E-state index contributed by atoms with van der Waals surface area (Å²) in [5.74, 6) is 0.159. The number of amides is 1. The molecular formula is C15H16ClNO2. The predicted molar refractivity (Wildman–Crippen MR) is 75.2 cm³/mol. The highest BCUT2D eigenvalue weighted by Gasteiger charge is 2.18. The zero-order chi connectivity index (χ0) is 13.7. The highest BCUT2D eigenvalue weighted by molar-refractivity contribution is 6.29. The van der Waals surface area contributed by atoms with E-state index in [0.29, 0.717) is 13.1 Å². The minimum Gasteiger partial charge on any atom is -0.440 e. The highest BCUT2D eigenvalue weighted by atomic mass is 35.5. The number of carbonyl (C=O) groups is 1. The molecule has 1 aromatic heterocycles. The van der Waals surface area contributed by atoms with Crippen molar-refractivity contribution in [3.8, 4) is 0 Å². The average Bonchev–Trinajstić information content (AvgIpc) is 2.85. The summed E-state index contributed by atoms with van der Waals surface area (Å²) >= 11 is 5.71. The van der Waals surface area contributed by atoms with Gasteiger partial charge in [0.1, 0.15) is 0 Å². The van der Waals surface area contributed by atoms with E-state index in [1.54, 1.807) is 17.0 Å². The molecule has 0 saturated heterocycles. The van der Waals surface area contributed by atoms with Gasteiger partial charge in [-0.1, -0.05) is 37.3 Å². The Balaban J connectivity index is 2.13. The normalized spacial score (nSPS) is 10.4. The van der Waals surface area contributed by atoms with Crippen molar-refractivity contribution >= 4 is 17.5 Å². The van der Waals surface area contributed by atoms with Crippen molar-refractivity contribution in [2.24, 2.45) is 0 Å². The van der Waals surface area contributed by atoms with Crippen LogP contribution in [0.4, 0.5) is 0 Å². The Morgan fingerprint density at radius 3 is 2.53 bits per heavy atom. The number of hydrogen-bond donors (Lipinski definition) is 0. The Labute approximate surface area is 117 Å². The molecule has 1 aromatic carbocycles. The second kappa shape index (κ2) is 6.43. The van der Waals surface area contributed by atoms with Gasteiger partial charge in [0.15, 0.2) is 11.0 Å². The van der Waals surface area contributed by atoms with E-state index in [2.05, 4.69) is 0 Å². The molecule has 0 aliphatic rings. The van der Waals surface area contributed by atoms with Gasteiger partial charge >= 0.3 is 0 Å². The number of nitrogens with zero attached hydrogens (tertiary/aromatic N) is 1. The molecule has 0 atom stereocenters. The first-order valence-electron chi connectivity index (χ1n) is 6.29. The van der Waals surface area contributed by atoms with Crippen LogP contribution in [-0.4, -0.2) is 17.4 Å². The quantitative estimate of drug-likeness (QED) is 0.828. The predicted octanol–water partition coefficient (Wildman–Crippen LogP) is 3.99. The number of benzene rings is 1. The van der Waals surface area contributed by atoms with E-state index in [9.17, 15) is 4.79 Å². The van der Waals surface area contributed by atoms with Crippen molar-refractivity contribution < 1.29 is 9.21 Å². The molecular weight excluding hydrogens is 262 g/mol. The van der Waals surface area contributed by atoms with Crippen molar-refractivity contribution in [3.05, 3.63) is 59.0 Å². The minimum absolute atomic E-state index is 0.127. The Morgan fingerprint density at radius 2 is 1.95 bits per heavy atom. The summed E-state index contributed by atoms with van der Waals surface area (Å²) in [6, 6.07) is 13.1. The lowest BCUT2D eigenvalue weighted by molar-refractivity contribution is 0.0711. The van der Waals surface area contributed by atoms with Crippen LogP contribution in [0, 0.1) is 0 Å². The molecule has 1 heterocycles. The molecule has 0 N–H and O–H groups in total. The van der Waals surface area contributed by atoms with E-state index in [1.807, 2.05) is 37.3 Å². The molecule has 2 rings (SSSR count). The van der Waals surface area contributed by atoms with Gasteiger partial charge in [0, 0.05) is 13.1 Å². The maximum Gasteiger partial charge on any atom is 0.289 e. The molecule has 0 aliphatic heterocycles. The van der Waals surface area contributed by atoms with E-state index in [0.717, 1.165) is 12.0 Å². The van der Waals surface area contributed by atoms with E-state index in [1.165, 1.54) is 0 Å². The fourth-order valence-corrected chi connectivity index (χ4v) is 2.06. The molecule has 1 amide bonds. The van der Waals surface area contributed by atoms with Crippen molar-refractivity contribution in [3.63, 3.8) is 0 Å². The molecule has 0 saturated carbocycles. The molecule has 0 aliphatic carbocycles. The monoisotopic (exact) mass is 277 g/mol. The van der Waals surface area contributed by atoms with Crippen LogP contribution in [-0.2, 0) is 6.54 Å². The number of hydrogen-bond acceptors (Lipinski definition) is 2. The molecule has 0 bridgehead atoms. The smallest absolute Gasteiger partial charge is 0.289 e. The topological polar surface area (TPSA) is 33.5 Å². The highest BCUT2D eigenvalue weighted by Crippen LogP contribution is 2.16. The summed E-state index contributed by atoms with van der Waals surface area (Å²) < 4.78 is 5.18. The van der Waals surface area contributed by atoms with Gasteiger partial charge in [-0.2, -0.15) is 0 Å². The zero-order valence-electron chi connectivity index (χ0n) is 10.8. The summed E-state index contributed by atoms with van der Waals surface area (Å²) in [7, 11) is 0. The maximum absolute atomic E-state index is 12.3. The summed E-state index contributed by atoms with van der Waals surface area (Å²) in [5, 5.41) is 0.236. The molecule has 0 unspecified atom stereocenters. The first-order valence-corrected chi connectivity index (χ1v) is 6.67. The lowest BCUT2D eigenvalue weighted by Crippen LogP contribution is -2.31. The molecule has 0 spiro atoms. The lowest BCUT2D eigenvalue weighted by Gasteiger charge is -2.21. The SMILES string of the molecule is CCCN(Cc1ccccc1)C(=O)c1ccc(Cl)o1. The summed E-state index contributed by atoms with van der Waals surface area (Å²) in [6.45, 7) is 3.30. The third kappa shape index (κ3) is 3.61. The molecule has 100 valence electrons. The van der Waals surface area contributed by atoms with Gasteiger partial charge < -0.3 is 9.32 Å². The Hall–Kier alpha value is -1.74. The first-order chi connectivity index (χ1) is 9.20. The third-order valence-corrected chi connectivity index (χ3v) is 2.98. The van der Waals surface area contributed by atoms with Gasteiger partial charge in [0.2, 0.25) is 0 Å². The van der Waals surface area contributed by atoms with Crippen LogP contribution in [0.25, 0.3) is 0 Å². The fraction of sp³-hybridized carbons (Fsp3) is 0.267. The molecule has 4 heteroatoms. The summed E-state index contributed by atoms with van der Waals surface area (Å²) in [6.07, 6.45) is 0.896.